The molecule has 1 aromatic carbocycles. The number of hydrogen-bond acceptors (Lipinski definition) is 15. The largest absolute Gasteiger partial charge is 0.481 e. The van der Waals surface area contributed by atoms with E-state index in [1.165, 1.54) is 4.68 Å². The average molecular weight is 776 g/mol. The number of rotatable bonds is 24. The molecule has 1 aromatic heterocycles. The Hall–Kier alpha value is -3.94. The van der Waals surface area contributed by atoms with Gasteiger partial charge in [0.25, 0.3) is 0 Å². The fourth-order valence-corrected chi connectivity index (χ4v) is 4.55. The van der Waals surface area contributed by atoms with E-state index in [4.69, 9.17) is 38.6 Å². The molecule has 5 N–H and O–H groups in total. The van der Waals surface area contributed by atoms with E-state index in [0.29, 0.717) is 12.2 Å². The van der Waals surface area contributed by atoms with Crippen LogP contribution in [0.5, 0.6) is 5.75 Å². The first-order valence-electron chi connectivity index (χ1n) is 15.9. The van der Waals surface area contributed by atoms with Crippen LogP contribution in [0.1, 0.15) is 18.5 Å². The molecule has 0 bridgehead atoms. The highest BCUT2D eigenvalue weighted by molar-refractivity contribution is 5.92. The molecule has 1 saturated heterocycles. The van der Waals surface area contributed by atoms with E-state index >= 15 is 0 Å². The molecular weight excluding hydrogens is 737 g/mol. The minimum atomic E-state index is -2.37. The molecule has 3 rings (SSSR count). The molecule has 1 aliphatic rings. The predicted molar refractivity (Wildman–Crippen MR) is 159 cm³/mol. The van der Waals surface area contributed by atoms with Crippen LogP contribution in [0.2, 0.25) is 0 Å². The number of carboxylic acid groups (broad SMARTS) is 2. The third-order valence-corrected chi connectivity index (χ3v) is 7.38. The average Bonchev–Trinajstić information content (AvgIpc) is 3.58. The Morgan fingerprint density at radius 2 is 1.26 bits per heavy atom. The fourth-order valence-electron chi connectivity index (χ4n) is 4.55. The highest BCUT2D eigenvalue weighted by Gasteiger charge is 2.46. The monoisotopic (exact) mass is 775 g/mol. The zero-order valence-corrected chi connectivity index (χ0v) is 27.8. The molecule has 0 spiro atoms. The molecule has 2 aromatic rings. The molecule has 0 amide bonds. The standard InChI is InChI=1S/C30H38F5N3O15/c31-19-20(32)22(34)27(23(35)21(19)33)53-18(39)2-4-47-7-9-49-11-12-50-10-8-48-6-3-38-14-15(36-37-38)1-5-51-30-26(42)25(41)24(40)17(52-30)13-16(28(43)44)29(45)46/h14,16-17,24-26,30,40-42H,1-13H2,(H,43,44)(H,45,46)/t17-,24-,25+,26+,30+/m1/s1. The summed E-state index contributed by atoms with van der Waals surface area (Å²) in [5.74, 6) is -19.6. The molecule has 2 heterocycles. The quantitative estimate of drug-likeness (QED) is 0.0173. The van der Waals surface area contributed by atoms with E-state index in [1.54, 1.807) is 6.20 Å². The van der Waals surface area contributed by atoms with Gasteiger partial charge in [0, 0.05) is 19.0 Å². The SMILES string of the molecule is O=C(CCOCCOCCOCCOCCn1cc(CCO[C@H]2O[C@H](CC(C(=O)O)C(=O)O)[C@@H](O)[C@H](O)[C@@H]2O)nn1)Oc1c(F)c(F)c(F)c(F)c1F. The number of aromatic nitrogens is 3. The van der Waals surface area contributed by atoms with Crippen LogP contribution in [0.15, 0.2) is 6.20 Å². The molecular formula is C30H38F5N3O15. The maximum absolute atomic E-state index is 13.6. The van der Waals surface area contributed by atoms with Gasteiger partial charge in [0.15, 0.2) is 12.2 Å². The Kier molecular flexibility index (Phi) is 17.8. The number of carbonyl (C=O) groups is 3. The lowest BCUT2D eigenvalue weighted by Crippen LogP contribution is -2.59. The molecule has 1 aliphatic heterocycles. The van der Waals surface area contributed by atoms with Gasteiger partial charge >= 0.3 is 17.9 Å². The molecule has 53 heavy (non-hydrogen) atoms. The van der Waals surface area contributed by atoms with E-state index in [9.17, 15) is 51.7 Å². The Labute approximate surface area is 296 Å². The topological polar surface area (TPSA) is 248 Å². The predicted octanol–water partition coefficient (Wildman–Crippen LogP) is -0.422. The molecule has 0 unspecified atom stereocenters. The third kappa shape index (κ3) is 13.1. The minimum absolute atomic E-state index is 0.0241. The van der Waals surface area contributed by atoms with Crippen molar-refractivity contribution in [3.63, 3.8) is 0 Å². The van der Waals surface area contributed by atoms with Gasteiger partial charge in [0.05, 0.1) is 84.2 Å². The van der Waals surface area contributed by atoms with Crippen LogP contribution in [0.3, 0.4) is 0 Å². The lowest BCUT2D eigenvalue weighted by atomic mass is 9.91. The molecule has 18 nitrogen and oxygen atoms in total. The zero-order valence-electron chi connectivity index (χ0n) is 27.8. The molecule has 0 aliphatic carbocycles. The van der Waals surface area contributed by atoms with E-state index in [0.717, 1.165) is 0 Å². The van der Waals surface area contributed by atoms with Crippen LogP contribution in [-0.2, 0) is 55.8 Å². The molecule has 0 radical (unpaired) electrons. The van der Waals surface area contributed by atoms with E-state index in [2.05, 4.69) is 15.0 Å². The summed E-state index contributed by atoms with van der Waals surface area (Å²) in [6, 6.07) is 0. The van der Waals surface area contributed by atoms with Crippen LogP contribution < -0.4 is 4.74 Å². The van der Waals surface area contributed by atoms with Gasteiger partial charge in [-0.2, -0.15) is 8.78 Å². The fraction of sp³-hybridized carbons (Fsp3) is 0.633. The van der Waals surface area contributed by atoms with E-state index in [-0.39, 0.29) is 65.9 Å². The number of aliphatic hydroxyl groups excluding tert-OH is 3. The second kappa shape index (κ2) is 21.7. The van der Waals surface area contributed by atoms with Crippen LogP contribution in [0.25, 0.3) is 0 Å². The van der Waals surface area contributed by atoms with Crippen molar-refractivity contribution >= 4 is 17.9 Å². The number of hydrogen-bond donors (Lipinski definition) is 5. The van der Waals surface area contributed by atoms with Gasteiger partial charge in [-0.05, 0) is 0 Å². The number of ether oxygens (including phenoxy) is 7. The Morgan fingerprint density at radius 3 is 1.83 bits per heavy atom. The smallest absolute Gasteiger partial charge is 0.317 e. The van der Waals surface area contributed by atoms with Crippen molar-refractivity contribution in [1.29, 1.82) is 0 Å². The van der Waals surface area contributed by atoms with Crippen molar-refractivity contribution in [3.05, 3.63) is 41.0 Å². The maximum Gasteiger partial charge on any atom is 0.317 e. The zero-order chi connectivity index (χ0) is 39.1. The first-order valence-corrected chi connectivity index (χ1v) is 15.9. The number of esters is 1. The summed E-state index contributed by atoms with van der Waals surface area (Å²) < 4.78 is 104. The number of carboxylic acids is 2. The van der Waals surface area contributed by atoms with Gasteiger partial charge in [-0.25, -0.2) is 17.9 Å². The third-order valence-electron chi connectivity index (χ3n) is 7.38. The van der Waals surface area contributed by atoms with Crippen molar-refractivity contribution < 1.29 is 95.0 Å². The number of aliphatic carboxylic acids is 2. The van der Waals surface area contributed by atoms with Gasteiger partial charge in [-0.15, -0.1) is 5.10 Å². The summed E-state index contributed by atoms with van der Waals surface area (Å²) in [5.41, 5.74) is 0.492. The van der Waals surface area contributed by atoms with Crippen LogP contribution in [0, 0.1) is 35.0 Å². The Balaban J connectivity index is 1.18. The van der Waals surface area contributed by atoms with Gasteiger partial charge in [0.2, 0.25) is 34.8 Å². The normalized spacial score (nSPS) is 20.2. The van der Waals surface area contributed by atoms with Crippen molar-refractivity contribution in [2.75, 3.05) is 59.5 Å². The second-order valence-electron chi connectivity index (χ2n) is 11.1. The van der Waals surface area contributed by atoms with Gasteiger partial charge in [0.1, 0.15) is 18.3 Å². The van der Waals surface area contributed by atoms with E-state index < -0.39 is 102 Å². The summed E-state index contributed by atoms with van der Waals surface area (Å²) >= 11 is 0. The summed E-state index contributed by atoms with van der Waals surface area (Å²) in [7, 11) is 0. The highest BCUT2D eigenvalue weighted by atomic mass is 19.2. The molecule has 23 heteroatoms. The first kappa shape index (κ1) is 43.5. The molecule has 5 atom stereocenters. The highest BCUT2D eigenvalue weighted by Crippen LogP contribution is 2.30. The number of halogens is 5. The van der Waals surface area contributed by atoms with Crippen molar-refractivity contribution in [2.45, 2.75) is 56.5 Å². The summed E-state index contributed by atoms with van der Waals surface area (Å²) in [4.78, 5) is 34.1. The summed E-state index contributed by atoms with van der Waals surface area (Å²) in [6.45, 7) is 1.31. The van der Waals surface area contributed by atoms with Crippen molar-refractivity contribution in [2.24, 2.45) is 5.92 Å². The number of benzene rings is 1. The molecule has 0 saturated carbocycles. The number of aliphatic hydroxyl groups is 3. The Morgan fingerprint density at radius 1 is 0.736 bits per heavy atom. The van der Waals surface area contributed by atoms with Crippen LogP contribution in [-0.4, -0.2) is 149 Å². The maximum atomic E-state index is 13.6. The van der Waals surface area contributed by atoms with E-state index in [1.807, 2.05) is 0 Å². The van der Waals surface area contributed by atoms with Gasteiger partial charge in [-0.1, -0.05) is 5.21 Å². The van der Waals surface area contributed by atoms with Gasteiger partial charge in [-0.3, -0.25) is 14.4 Å². The molecule has 298 valence electrons. The van der Waals surface area contributed by atoms with Crippen LogP contribution >= 0.6 is 0 Å². The van der Waals surface area contributed by atoms with Crippen molar-refractivity contribution in [3.8, 4) is 5.75 Å². The lowest BCUT2D eigenvalue weighted by molar-refractivity contribution is -0.298. The Bertz CT molecular complexity index is 1460. The summed E-state index contributed by atoms with van der Waals surface area (Å²) in [6.07, 6.45) is -7.52. The number of nitrogens with zero attached hydrogens (tertiary/aromatic N) is 3. The summed E-state index contributed by atoms with van der Waals surface area (Å²) in [5, 5.41) is 56.6. The molecule has 1 fully saturated rings. The first-order chi connectivity index (χ1) is 25.2. The lowest BCUT2D eigenvalue weighted by Gasteiger charge is -2.40. The van der Waals surface area contributed by atoms with Crippen molar-refractivity contribution in [1.82, 2.24) is 15.0 Å². The second-order valence-corrected chi connectivity index (χ2v) is 11.1. The van der Waals surface area contributed by atoms with Gasteiger partial charge < -0.3 is 58.7 Å². The van der Waals surface area contributed by atoms with Crippen LogP contribution in [0.4, 0.5) is 22.0 Å². The number of carbonyl (C=O) groups excluding carboxylic acids is 1. The minimum Gasteiger partial charge on any atom is -0.481 e.